The molecule has 1 heterocycles. The van der Waals surface area contributed by atoms with Crippen LogP contribution < -0.4 is 10.1 Å². The van der Waals surface area contributed by atoms with E-state index in [-0.39, 0.29) is 17.7 Å². The third-order valence-corrected chi connectivity index (χ3v) is 5.85. The Balaban J connectivity index is 1.80. The van der Waals surface area contributed by atoms with E-state index in [0.29, 0.717) is 18.7 Å². The first-order valence-electron chi connectivity index (χ1n) is 10.4. The second-order valence-corrected chi connectivity index (χ2v) is 7.48. The first kappa shape index (κ1) is 21.1. The molecule has 0 bridgehead atoms. The van der Waals surface area contributed by atoms with Crippen LogP contribution in [-0.2, 0) is 6.42 Å². The van der Waals surface area contributed by atoms with E-state index in [9.17, 15) is 9.59 Å². The Morgan fingerprint density at radius 3 is 2.69 bits per heavy atom. The number of ketones is 1. The van der Waals surface area contributed by atoms with Gasteiger partial charge < -0.3 is 15.0 Å². The van der Waals surface area contributed by atoms with Crippen molar-refractivity contribution in [2.45, 2.75) is 46.1 Å². The average molecular weight is 398 g/mol. The highest BCUT2D eigenvalue weighted by molar-refractivity contribution is 6.04. The zero-order valence-corrected chi connectivity index (χ0v) is 17.8. The van der Waals surface area contributed by atoms with Gasteiger partial charge in [-0.2, -0.15) is 0 Å². The van der Waals surface area contributed by atoms with Crippen molar-refractivity contribution in [3.63, 3.8) is 0 Å². The monoisotopic (exact) mass is 397 g/mol. The lowest BCUT2D eigenvalue weighted by Crippen LogP contribution is -2.38. The molecule has 1 aliphatic carbocycles. The predicted octanol–water partition coefficient (Wildman–Crippen LogP) is 3.66. The highest BCUT2D eigenvalue weighted by Crippen LogP contribution is 2.27. The number of aryl methyl sites for hydroxylation is 1. The SMILES string of the molecule is CCN(CC)[C@H](CNC(=O)c1[nH]c2c(c1C)C(=O)CCC2)c1cccc(OC)c1. The summed E-state index contributed by atoms with van der Waals surface area (Å²) in [7, 11) is 1.66. The van der Waals surface area contributed by atoms with E-state index in [1.165, 1.54) is 0 Å². The van der Waals surface area contributed by atoms with E-state index in [1.54, 1.807) is 7.11 Å². The summed E-state index contributed by atoms with van der Waals surface area (Å²) in [6, 6.07) is 8.02. The molecule has 1 atom stereocenters. The summed E-state index contributed by atoms with van der Waals surface area (Å²) in [5.41, 5.74) is 4.00. The number of Topliss-reactive ketones (excluding diaryl/α,β-unsaturated/α-hetero) is 1. The molecule has 0 saturated carbocycles. The fraction of sp³-hybridized carbons (Fsp3) is 0.478. The van der Waals surface area contributed by atoms with Crippen LogP contribution in [0.2, 0.25) is 0 Å². The molecule has 6 heteroatoms. The van der Waals surface area contributed by atoms with Crippen molar-refractivity contribution in [1.29, 1.82) is 0 Å². The summed E-state index contributed by atoms with van der Waals surface area (Å²) in [5.74, 6) is 0.776. The Bertz CT molecular complexity index is 883. The number of benzene rings is 1. The summed E-state index contributed by atoms with van der Waals surface area (Å²) >= 11 is 0. The molecule has 1 aromatic heterocycles. The van der Waals surface area contributed by atoms with Crippen molar-refractivity contribution in [3.8, 4) is 5.75 Å². The van der Waals surface area contributed by atoms with Crippen LogP contribution in [0.4, 0.5) is 0 Å². The van der Waals surface area contributed by atoms with Gasteiger partial charge in [-0.3, -0.25) is 14.5 Å². The van der Waals surface area contributed by atoms with Crippen molar-refractivity contribution in [2.24, 2.45) is 0 Å². The van der Waals surface area contributed by atoms with Crippen LogP contribution >= 0.6 is 0 Å². The summed E-state index contributed by atoms with van der Waals surface area (Å²) in [5, 5.41) is 3.08. The topological polar surface area (TPSA) is 74.4 Å². The fourth-order valence-electron chi connectivity index (χ4n) is 4.25. The van der Waals surface area contributed by atoms with Crippen molar-refractivity contribution >= 4 is 11.7 Å². The fourth-order valence-corrected chi connectivity index (χ4v) is 4.25. The van der Waals surface area contributed by atoms with Gasteiger partial charge in [0, 0.05) is 24.2 Å². The first-order valence-corrected chi connectivity index (χ1v) is 10.4. The van der Waals surface area contributed by atoms with E-state index in [4.69, 9.17) is 4.74 Å². The number of rotatable bonds is 8. The normalized spacial score (nSPS) is 14.6. The molecule has 1 aliphatic rings. The number of aromatic nitrogens is 1. The molecule has 3 rings (SSSR count). The number of carbonyl (C=O) groups excluding carboxylic acids is 2. The largest absolute Gasteiger partial charge is 0.497 e. The molecule has 6 nitrogen and oxygen atoms in total. The number of nitrogens with zero attached hydrogens (tertiary/aromatic N) is 1. The molecule has 1 amide bonds. The number of hydrogen-bond acceptors (Lipinski definition) is 4. The zero-order valence-electron chi connectivity index (χ0n) is 17.8. The molecule has 0 unspecified atom stereocenters. The zero-order chi connectivity index (χ0) is 21.0. The van der Waals surface area contributed by atoms with Crippen LogP contribution in [0.5, 0.6) is 5.75 Å². The van der Waals surface area contributed by atoms with E-state index < -0.39 is 0 Å². The molecule has 2 N–H and O–H groups in total. The quantitative estimate of drug-likeness (QED) is 0.713. The Kier molecular flexibility index (Phi) is 6.75. The second-order valence-electron chi connectivity index (χ2n) is 7.48. The van der Waals surface area contributed by atoms with Gasteiger partial charge in [0.05, 0.1) is 13.2 Å². The minimum Gasteiger partial charge on any atom is -0.497 e. The summed E-state index contributed by atoms with van der Waals surface area (Å²) in [4.78, 5) is 30.7. The van der Waals surface area contributed by atoms with E-state index in [1.807, 2.05) is 25.1 Å². The van der Waals surface area contributed by atoms with E-state index in [2.05, 4.69) is 35.1 Å². The summed E-state index contributed by atoms with van der Waals surface area (Å²) in [6.07, 6.45) is 2.22. The van der Waals surface area contributed by atoms with Crippen LogP contribution in [0.3, 0.4) is 0 Å². The molecular formula is C23H31N3O3. The van der Waals surface area contributed by atoms with Gasteiger partial charge >= 0.3 is 0 Å². The maximum atomic E-state index is 13.0. The lowest BCUT2D eigenvalue weighted by Gasteiger charge is -2.30. The van der Waals surface area contributed by atoms with Crippen LogP contribution in [0.1, 0.15) is 70.4 Å². The number of amides is 1. The van der Waals surface area contributed by atoms with Gasteiger partial charge in [0.15, 0.2) is 5.78 Å². The first-order chi connectivity index (χ1) is 14.0. The number of fused-ring (bicyclic) bond motifs is 1. The summed E-state index contributed by atoms with van der Waals surface area (Å²) in [6.45, 7) is 8.32. The number of methoxy groups -OCH3 is 1. The Morgan fingerprint density at radius 2 is 2.03 bits per heavy atom. The summed E-state index contributed by atoms with van der Waals surface area (Å²) < 4.78 is 5.38. The van der Waals surface area contributed by atoms with Gasteiger partial charge in [-0.1, -0.05) is 26.0 Å². The molecule has 0 radical (unpaired) electrons. The molecule has 0 spiro atoms. The number of hydrogen-bond donors (Lipinski definition) is 2. The van der Waals surface area contributed by atoms with Crippen molar-refractivity contribution in [1.82, 2.24) is 15.2 Å². The maximum absolute atomic E-state index is 13.0. The Morgan fingerprint density at radius 1 is 1.28 bits per heavy atom. The van der Waals surface area contributed by atoms with E-state index >= 15 is 0 Å². The van der Waals surface area contributed by atoms with Gasteiger partial charge in [0.25, 0.3) is 5.91 Å². The third kappa shape index (κ3) is 4.37. The molecular weight excluding hydrogens is 366 g/mol. The molecule has 0 saturated heterocycles. The molecule has 0 fully saturated rings. The number of nitrogens with one attached hydrogen (secondary N) is 2. The number of carbonyl (C=O) groups is 2. The maximum Gasteiger partial charge on any atom is 0.268 e. The second kappa shape index (κ2) is 9.27. The molecule has 1 aromatic carbocycles. The lowest BCUT2D eigenvalue weighted by atomic mass is 9.94. The molecule has 156 valence electrons. The minimum atomic E-state index is -0.162. The number of aromatic amines is 1. The highest BCUT2D eigenvalue weighted by Gasteiger charge is 2.27. The minimum absolute atomic E-state index is 0.0376. The number of likely N-dealkylation sites (N-methyl/N-ethyl adjacent to an activating group) is 1. The third-order valence-electron chi connectivity index (χ3n) is 5.85. The average Bonchev–Trinajstić information content (AvgIpc) is 3.08. The van der Waals surface area contributed by atoms with Gasteiger partial charge in [0.1, 0.15) is 11.4 Å². The van der Waals surface area contributed by atoms with Crippen LogP contribution in [0.25, 0.3) is 0 Å². The van der Waals surface area contributed by atoms with Gasteiger partial charge in [-0.05, 0) is 56.1 Å². The molecule has 0 aliphatic heterocycles. The van der Waals surface area contributed by atoms with Gasteiger partial charge in [0.2, 0.25) is 0 Å². The highest BCUT2D eigenvalue weighted by atomic mass is 16.5. The van der Waals surface area contributed by atoms with Crippen LogP contribution in [0, 0.1) is 6.92 Å². The van der Waals surface area contributed by atoms with Crippen molar-refractivity contribution in [2.75, 3.05) is 26.7 Å². The van der Waals surface area contributed by atoms with Crippen molar-refractivity contribution in [3.05, 3.63) is 52.3 Å². The number of H-pyrrole nitrogens is 1. The molecule has 2 aromatic rings. The van der Waals surface area contributed by atoms with Gasteiger partial charge in [-0.25, -0.2) is 0 Å². The van der Waals surface area contributed by atoms with E-state index in [0.717, 1.165) is 54.1 Å². The van der Waals surface area contributed by atoms with Crippen LogP contribution in [-0.4, -0.2) is 48.3 Å². The van der Waals surface area contributed by atoms with Crippen molar-refractivity contribution < 1.29 is 14.3 Å². The predicted molar refractivity (Wildman–Crippen MR) is 114 cm³/mol. The smallest absolute Gasteiger partial charge is 0.268 e. The molecule has 29 heavy (non-hydrogen) atoms. The van der Waals surface area contributed by atoms with Gasteiger partial charge in [-0.15, -0.1) is 0 Å². The number of ether oxygens (including phenoxy) is 1. The Labute approximate surface area is 172 Å². The standard InChI is InChI=1S/C23H31N3O3/c1-5-26(6-2)19(16-9-7-10-17(13-16)29-4)14-24-23(28)22-15(3)21-18(25-22)11-8-12-20(21)27/h7,9-10,13,19,25H,5-6,8,11-12,14H2,1-4H3,(H,24,28)/t19-/m1/s1. The van der Waals surface area contributed by atoms with Crippen LogP contribution in [0.15, 0.2) is 24.3 Å². The Hall–Kier alpha value is -2.60. The lowest BCUT2D eigenvalue weighted by molar-refractivity contribution is 0.0929.